The molecule has 2 heterocycles. The Morgan fingerprint density at radius 2 is 1.97 bits per heavy atom. The number of nitrogens with one attached hydrogen (secondary N) is 1. The molecule has 1 N–H and O–H groups in total. The molecule has 4 rings (SSSR count). The van der Waals surface area contributed by atoms with E-state index in [2.05, 4.69) is 15.3 Å². The minimum Gasteiger partial charge on any atom is -0.481 e. The van der Waals surface area contributed by atoms with E-state index in [1.807, 2.05) is 19.2 Å². The smallest absolute Gasteiger partial charge is 0.253 e. The van der Waals surface area contributed by atoms with Gasteiger partial charge in [-0.1, -0.05) is 0 Å². The molecule has 7 heteroatoms. The SMILES string of the molecule is CCOC[C@H](NC(=O)c1ccc(OC)nc1)C1CCC(c2ccnc3ccc(F)cc23)CC1. The Bertz CT molecular complexity index is 1080. The van der Waals surface area contributed by atoms with Crippen molar-refractivity contribution >= 4 is 16.8 Å². The molecule has 33 heavy (non-hydrogen) atoms. The van der Waals surface area contributed by atoms with Crippen molar-refractivity contribution in [2.24, 2.45) is 5.92 Å². The lowest BCUT2D eigenvalue weighted by Gasteiger charge is -2.34. The lowest BCUT2D eigenvalue weighted by atomic mass is 9.75. The van der Waals surface area contributed by atoms with Crippen LogP contribution in [0.5, 0.6) is 5.88 Å². The van der Waals surface area contributed by atoms with Crippen molar-refractivity contribution in [1.82, 2.24) is 15.3 Å². The monoisotopic (exact) mass is 451 g/mol. The van der Waals surface area contributed by atoms with Crippen molar-refractivity contribution in [3.8, 4) is 5.88 Å². The van der Waals surface area contributed by atoms with Gasteiger partial charge in [0, 0.05) is 30.5 Å². The maximum absolute atomic E-state index is 13.9. The normalized spacial score (nSPS) is 19.2. The molecule has 0 aliphatic heterocycles. The number of halogens is 1. The molecule has 2 aromatic heterocycles. The Kier molecular flexibility index (Phi) is 7.50. The van der Waals surface area contributed by atoms with E-state index in [0.717, 1.165) is 42.1 Å². The first-order valence-electron chi connectivity index (χ1n) is 11.5. The van der Waals surface area contributed by atoms with Crippen LogP contribution in [-0.4, -0.2) is 42.2 Å². The summed E-state index contributed by atoms with van der Waals surface area (Å²) in [5.41, 5.74) is 2.48. The Balaban J connectivity index is 1.44. The Morgan fingerprint density at radius 1 is 1.15 bits per heavy atom. The van der Waals surface area contributed by atoms with E-state index in [4.69, 9.17) is 9.47 Å². The van der Waals surface area contributed by atoms with E-state index in [9.17, 15) is 9.18 Å². The van der Waals surface area contributed by atoms with E-state index >= 15 is 0 Å². The first kappa shape index (κ1) is 23.1. The van der Waals surface area contributed by atoms with E-state index in [0.29, 0.717) is 36.5 Å². The molecular formula is C26H30FN3O3. The van der Waals surface area contributed by atoms with Crippen LogP contribution in [0.2, 0.25) is 0 Å². The van der Waals surface area contributed by atoms with Crippen LogP contribution in [0.1, 0.15) is 54.4 Å². The zero-order valence-electron chi connectivity index (χ0n) is 19.1. The molecule has 1 fully saturated rings. The number of amides is 1. The summed E-state index contributed by atoms with van der Waals surface area (Å²) in [5.74, 6) is 0.736. The number of hydrogen-bond acceptors (Lipinski definition) is 5. The fraction of sp³-hybridized carbons (Fsp3) is 0.423. The number of methoxy groups -OCH3 is 1. The summed E-state index contributed by atoms with van der Waals surface area (Å²) in [6.45, 7) is 3.03. The maximum Gasteiger partial charge on any atom is 0.253 e. The van der Waals surface area contributed by atoms with Gasteiger partial charge in [0.25, 0.3) is 5.91 Å². The molecule has 1 aromatic carbocycles. The van der Waals surface area contributed by atoms with Gasteiger partial charge in [0.15, 0.2) is 0 Å². The van der Waals surface area contributed by atoms with Gasteiger partial charge in [-0.2, -0.15) is 0 Å². The number of carbonyl (C=O) groups excluding carboxylic acids is 1. The molecule has 0 saturated heterocycles. The molecule has 1 atom stereocenters. The van der Waals surface area contributed by atoms with E-state index in [1.165, 1.54) is 12.3 Å². The number of nitrogens with zero attached hydrogens (tertiary/aromatic N) is 2. The molecular weight excluding hydrogens is 421 g/mol. The van der Waals surface area contributed by atoms with Crippen LogP contribution >= 0.6 is 0 Å². The number of pyridine rings is 2. The molecule has 6 nitrogen and oxygen atoms in total. The number of fused-ring (bicyclic) bond motifs is 1. The van der Waals surface area contributed by atoms with Crippen LogP contribution in [0.25, 0.3) is 10.9 Å². The van der Waals surface area contributed by atoms with Crippen LogP contribution in [0.15, 0.2) is 48.8 Å². The fourth-order valence-electron chi connectivity index (χ4n) is 4.76. The van der Waals surface area contributed by atoms with Gasteiger partial charge in [-0.15, -0.1) is 0 Å². The van der Waals surface area contributed by atoms with E-state index in [-0.39, 0.29) is 17.8 Å². The number of carbonyl (C=O) groups is 1. The summed E-state index contributed by atoms with van der Waals surface area (Å²) >= 11 is 0. The fourth-order valence-corrected chi connectivity index (χ4v) is 4.76. The van der Waals surface area contributed by atoms with Crippen LogP contribution < -0.4 is 10.1 Å². The summed E-state index contributed by atoms with van der Waals surface area (Å²) in [6, 6.07) is 10.1. The van der Waals surface area contributed by atoms with Gasteiger partial charge in [0.05, 0.1) is 30.8 Å². The average Bonchev–Trinajstić information content (AvgIpc) is 2.86. The largest absolute Gasteiger partial charge is 0.481 e. The minimum atomic E-state index is -0.238. The Morgan fingerprint density at radius 3 is 2.67 bits per heavy atom. The predicted octanol–water partition coefficient (Wildman–Crippen LogP) is 4.89. The molecule has 0 radical (unpaired) electrons. The zero-order valence-corrected chi connectivity index (χ0v) is 19.1. The third kappa shape index (κ3) is 5.47. The zero-order chi connectivity index (χ0) is 23.2. The Labute approximate surface area is 193 Å². The average molecular weight is 452 g/mol. The number of aromatic nitrogens is 2. The minimum absolute atomic E-state index is 0.0767. The second-order valence-electron chi connectivity index (χ2n) is 8.50. The van der Waals surface area contributed by atoms with Crippen molar-refractivity contribution in [1.29, 1.82) is 0 Å². The van der Waals surface area contributed by atoms with Gasteiger partial charge in [-0.05, 0) is 80.3 Å². The van der Waals surface area contributed by atoms with Crippen molar-refractivity contribution < 1.29 is 18.7 Å². The molecule has 0 spiro atoms. The molecule has 1 aliphatic carbocycles. The summed E-state index contributed by atoms with van der Waals surface area (Å²) in [4.78, 5) is 21.3. The summed E-state index contributed by atoms with van der Waals surface area (Å²) in [7, 11) is 1.54. The van der Waals surface area contributed by atoms with Crippen LogP contribution in [0, 0.1) is 11.7 Å². The summed E-state index contributed by atoms with van der Waals surface area (Å²) < 4.78 is 24.7. The van der Waals surface area contributed by atoms with Gasteiger partial charge < -0.3 is 14.8 Å². The predicted molar refractivity (Wildman–Crippen MR) is 125 cm³/mol. The topological polar surface area (TPSA) is 73.3 Å². The first-order valence-corrected chi connectivity index (χ1v) is 11.5. The molecule has 1 aliphatic rings. The van der Waals surface area contributed by atoms with Crippen LogP contribution in [0.4, 0.5) is 4.39 Å². The lowest BCUT2D eigenvalue weighted by Crippen LogP contribution is -2.44. The number of rotatable bonds is 8. The molecule has 1 saturated carbocycles. The second kappa shape index (κ2) is 10.7. The second-order valence-corrected chi connectivity index (χ2v) is 8.50. The molecule has 0 unspecified atom stereocenters. The number of benzene rings is 1. The van der Waals surface area contributed by atoms with Crippen molar-refractivity contribution in [3.05, 3.63) is 65.7 Å². The van der Waals surface area contributed by atoms with Gasteiger partial charge in [0.1, 0.15) is 5.82 Å². The molecule has 3 aromatic rings. The van der Waals surface area contributed by atoms with Gasteiger partial charge in [-0.25, -0.2) is 9.37 Å². The lowest BCUT2D eigenvalue weighted by molar-refractivity contribution is 0.0730. The first-order chi connectivity index (χ1) is 16.1. The third-order valence-electron chi connectivity index (χ3n) is 6.54. The van der Waals surface area contributed by atoms with Crippen LogP contribution in [-0.2, 0) is 4.74 Å². The quantitative estimate of drug-likeness (QED) is 0.528. The standard InChI is InChI=1S/C26H30FN3O3/c1-3-33-16-24(30-26(31)19-8-11-25(32-2)29-15-19)18-6-4-17(5-7-18)21-12-13-28-23-10-9-20(27)14-22(21)23/h8-15,17-18,24H,3-7,16H2,1-2H3,(H,30,31)/t17?,18?,24-/m0/s1. The van der Waals surface area contributed by atoms with Crippen molar-refractivity contribution in [2.45, 2.75) is 44.6 Å². The van der Waals surface area contributed by atoms with Gasteiger partial charge in [-0.3, -0.25) is 9.78 Å². The highest BCUT2D eigenvalue weighted by Crippen LogP contribution is 2.39. The van der Waals surface area contributed by atoms with Crippen molar-refractivity contribution in [2.75, 3.05) is 20.3 Å². The highest BCUT2D eigenvalue weighted by Gasteiger charge is 2.30. The van der Waals surface area contributed by atoms with Gasteiger partial charge >= 0.3 is 0 Å². The van der Waals surface area contributed by atoms with Crippen molar-refractivity contribution in [3.63, 3.8) is 0 Å². The third-order valence-corrected chi connectivity index (χ3v) is 6.54. The summed E-state index contributed by atoms with van der Waals surface area (Å²) in [5, 5.41) is 4.06. The molecule has 174 valence electrons. The van der Waals surface area contributed by atoms with Gasteiger partial charge in [0.2, 0.25) is 5.88 Å². The maximum atomic E-state index is 13.9. The number of hydrogen-bond donors (Lipinski definition) is 1. The van der Waals surface area contributed by atoms with E-state index < -0.39 is 0 Å². The van der Waals surface area contributed by atoms with E-state index in [1.54, 1.807) is 31.4 Å². The highest BCUT2D eigenvalue weighted by molar-refractivity contribution is 5.94. The number of ether oxygens (including phenoxy) is 2. The molecule has 1 amide bonds. The molecule has 0 bridgehead atoms. The van der Waals surface area contributed by atoms with Crippen LogP contribution in [0.3, 0.4) is 0 Å². The summed E-state index contributed by atoms with van der Waals surface area (Å²) in [6.07, 6.45) is 7.20. The Hall–Kier alpha value is -3.06. The highest BCUT2D eigenvalue weighted by atomic mass is 19.1.